The molecule has 0 aliphatic carbocycles. The first-order valence-electron chi connectivity index (χ1n) is 8.44. The highest BCUT2D eigenvalue weighted by Crippen LogP contribution is 2.31. The number of fused-ring (bicyclic) bond motifs is 2. The van der Waals surface area contributed by atoms with Gasteiger partial charge in [-0.2, -0.15) is 0 Å². The monoisotopic (exact) mass is 368 g/mol. The third-order valence-electron chi connectivity index (χ3n) is 4.15. The summed E-state index contributed by atoms with van der Waals surface area (Å²) in [7, 11) is 0. The van der Waals surface area contributed by atoms with Gasteiger partial charge in [0.1, 0.15) is 13.2 Å². The third kappa shape index (κ3) is 3.69. The summed E-state index contributed by atoms with van der Waals surface area (Å²) in [5.74, 6) is 0.142. The largest absolute Gasteiger partial charge is 0.486 e. The molecule has 8 heteroatoms. The van der Waals surface area contributed by atoms with Crippen molar-refractivity contribution < 1.29 is 23.5 Å². The fraction of sp³-hybridized carbons (Fsp3) is 0.211. The van der Waals surface area contributed by atoms with E-state index in [0.717, 1.165) is 0 Å². The molecule has 2 N–H and O–H groups in total. The number of rotatable bonds is 5. The summed E-state index contributed by atoms with van der Waals surface area (Å²) in [5, 5.41) is 2.70. The van der Waals surface area contributed by atoms with Crippen LogP contribution in [0.4, 0.5) is 5.69 Å². The van der Waals surface area contributed by atoms with E-state index < -0.39 is 5.76 Å². The van der Waals surface area contributed by atoms with Gasteiger partial charge in [-0.3, -0.25) is 14.6 Å². The van der Waals surface area contributed by atoms with Gasteiger partial charge in [-0.25, -0.2) is 4.79 Å². The van der Waals surface area contributed by atoms with Crippen molar-refractivity contribution >= 4 is 28.5 Å². The average molecular weight is 368 g/mol. The number of aromatic amines is 1. The predicted molar refractivity (Wildman–Crippen MR) is 96.5 cm³/mol. The number of hydrogen-bond donors (Lipinski definition) is 2. The van der Waals surface area contributed by atoms with Crippen LogP contribution in [-0.2, 0) is 4.79 Å². The fourth-order valence-corrected chi connectivity index (χ4v) is 2.84. The topological polar surface area (TPSA) is 111 Å². The number of anilines is 1. The number of Topliss-reactive ketones (excluding diaryl/α,β-unsaturated/α-hetero) is 1. The summed E-state index contributed by atoms with van der Waals surface area (Å²) in [4.78, 5) is 38.1. The second-order valence-corrected chi connectivity index (χ2v) is 6.06. The maximum absolute atomic E-state index is 12.3. The van der Waals surface area contributed by atoms with E-state index in [1.807, 2.05) is 0 Å². The molecule has 0 atom stereocenters. The normalized spacial score (nSPS) is 12.7. The summed E-state index contributed by atoms with van der Waals surface area (Å²) in [6.45, 7) is 0.929. The van der Waals surface area contributed by atoms with Crippen molar-refractivity contribution in [1.82, 2.24) is 4.98 Å². The van der Waals surface area contributed by atoms with Crippen molar-refractivity contribution in [1.29, 1.82) is 0 Å². The minimum Gasteiger partial charge on any atom is -0.486 e. The van der Waals surface area contributed by atoms with Gasteiger partial charge in [-0.15, -0.1) is 0 Å². The maximum atomic E-state index is 12.3. The molecule has 1 aliphatic rings. The molecule has 0 radical (unpaired) electrons. The van der Waals surface area contributed by atoms with Gasteiger partial charge in [-0.1, -0.05) is 0 Å². The number of H-pyrrole nitrogens is 1. The quantitative estimate of drug-likeness (QED) is 0.670. The lowest BCUT2D eigenvalue weighted by Gasteiger charge is -2.18. The number of oxazole rings is 1. The van der Waals surface area contributed by atoms with E-state index in [0.29, 0.717) is 47.1 Å². The van der Waals surface area contributed by atoms with Crippen molar-refractivity contribution in [3.8, 4) is 11.5 Å². The molecule has 4 rings (SSSR count). The molecule has 3 aromatic rings. The van der Waals surface area contributed by atoms with Crippen LogP contribution >= 0.6 is 0 Å². The van der Waals surface area contributed by atoms with Crippen LogP contribution in [0.3, 0.4) is 0 Å². The predicted octanol–water partition coefficient (Wildman–Crippen LogP) is 2.49. The minimum absolute atomic E-state index is 0.0349. The number of ketones is 1. The standard InChI is InChI=1S/C19H16N2O6/c22-14(11-1-4-16-17(9-11)26-8-7-25-16)3-6-18(23)20-12-2-5-15-13(10-12)21-19(24)27-15/h1-2,4-5,9-10H,3,6-8H2,(H,20,23)(H,21,24). The summed E-state index contributed by atoms with van der Waals surface area (Å²) in [5.41, 5.74) is 1.89. The molecule has 1 aliphatic heterocycles. The Morgan fingerprint density at radius 1 is 1.00 bits per heavy atom. The van der Waals surface area contributed by atoms with Gasteiger partial charge in [0, 0.05) is 24.1 Å². The van der Waals surface area contributed by atoms with Crippen LogP contribution in [0.1, 0.15) is 23.2 Å². The van der Waals surface area contributed by atoms with Gasteiger partial charge in [-0.05, 0) is 36.4 Å². The summed E-state index contributed by atoms with van der Waals surface area (Å²) in [6, 6.07) is 9.81. The van der Waals surface area contributed by atoms with E-state index in [9.17, 15) is 14.4 Å². The molecule has 2 heterocycles. The number of carbonyl (C=O) groups excluding carboxylic acids is 2. The molecule has 1 amide bonds. The molecule has 1 aromatic heterocycles. The zero-order valence-corrected chi connectivity index (χ0v) is 14.2. The van der Waals surface area contributed by atoms with Crippen molar-refractivity contribution in [2.75, 3.05) is 18.5 Å². The second kappa shape index (κ2) is 6.99. The molecule has 0 saturated carbocycles. The van der Waals surface area contributed by atoms with E-state index in [-0.39, 0.29) is 24.5 Å². The number of benzene rings is 2. The molecule has 27 heavy (non-hydrogen) atoms. The highest BCUT2D eigenvalue weighted by Gasteiger charge is 2.16. The van der Waals surface area contributed by atoms with E-state index in [2.05, 4.69) is 10.3 Å². The number of aromatic nitrogens is 1. The Balaban J connectivity index is 1.36. The Morgan fingerprint density at radius 2 is 1.81 bits per heavy atom. The lowest BCUT2D eigenvalue weighted by molar-refractivity contribution is -0.116. The van der Waals surface area contributed by atoms with Crippen molar-refractivity contribution in [3.63, 3.8) is 0 Å². The molecule has 138 valence electrons. The van der Waals surface area contributed by atoms with Gasteiger partial charge >= 0.3 is 5.76 Å². The molecule has 0 unspecified atom stereocenters. The van der Waals surface area contributed by atoms with Gasteiger partial charge in [0.25, 0.3) is 0 Å². The summed E-state index contributed by atoms with van der Waals surface area (Å²) in [6.07, 6.45) is 0.101. The Hall–Kier alpha value is -3.55. The van der Waals surface area contributed by atoms with Crippen molar-refractivity contribution in [3.05, 3.63) is 52.5 Å². The van der Waals surface area contributed by atoms with Crippen LogP contribution in [0.5, 0.6) is 11.5 Å². The average Bonchev–Trinajstić information content (AvgIpc) is 3.05. The van der Waals surface area contributed by atoms with Gasteiger partial charge in [0.05, 0.1) is 5.52 Å². The SMILES string of the molecule is O=C(CCC(=O)c1ccc2c(c1)OCCO2)Nc1ccc2oc(=O)[nH]c2c1. The van der Waals surface area contributed by atoms with Gasteiger partial charge in [0.15, 0.2) is 22.9 Å². The molecular formula is C19H16N2O6. The molecule has 8 nitrogen and oxygen atoms in total. The summed E-state index contributed by atoms with van der Waals surface area (Å²) < 4.78 is 15.8. The highest BCUT2D eigenvalue weighted by atomic mass is 16.6. The smallest absolute Gasteiger partial charge is 0.417 e. The molecule has 0 fully saturated rings. The molecule has 0 saturated heterocycles. The van der Waals surface area contributed by atoms with E-state index in [1.54, 1.807) is 36.4 Å². The summed E-state index contributed by atoms with van der Waals surface area (Å²) >= 11 is 0. The molecule has 2 aromatic carbocycles. The zero-order chi connectivity index (χ0) is 18.8. The molecule has 0 spiro atoms. The number of carbonyl (C=O) groups is 2. The van der Waals surface area contributed by atoms with Crippen LogP contribution in [0, 0.1) is 0 Å². The molecule has 0 bridgehead atoms. The highest BCUT2D eigenvalue weighted by molar-refractivity contribution is 6.00. The number of nitrogens with one attached hydrogen (secondary N) is 2. The van der Waals surface area contributed by atoms with Crippen LogP contribution in [0.25, 0.3) is 11.1 Å². The Kier molecular flexibility index (Phi) is 4.37. The van der Waals surface area contributed by atoms with Gasteiger partial charge in [0.2, 0.25) is 5.91 Å². The van der Waals surface area contributed by atoms with Crippen LogP contribution in [0.2, 0.25) is 0 Å². The number of ether oxygens (including phenoxy) is 2. The maximum Gasteiger partial charge on any atom is 0.417 e. The first-order chi connectivity index (χ1) is 13.1. The lowest BCUT2D eigenvalue weighted by atomic mass is 10.1. The van der Waals surface area contributed by atoms with Crippen molar-refractivity contribution in [2.24, 2.45) is 0 Å². The van der Waals surface area contributed by atoms with Crippen LogP contribution in [-0.4, -0.2) is 29.9 Å². The minimum atomic E-state index is -0.557. The van der Waals surface area contributed by atoms with Crippen LogP contribution in [0.15, 0.2) is 45.6 Å². The Morgan fingerprint density at radius 3 is 2.67 bits per heavy atom. The number of hydrogen-bond acceptors (Lipinski definition) is 6. The Labute approximate surface area is 153 Å². The fourth-order valence-electron chi connectivity index (χ4n) is 2.84. The lowest BCUT2D eigenvalue weighted by Crippen LogP contribution is -2.16. The third-order valence-corrected chi connectivity index (χ3v) is 4.15. The van der Waals surface area contributed by atoms with Crippen LogP contribution < -0.4 is 20.5 Å². The van der Waals surface area contributed by atoms with E-state index in [4.69, 9.17) is 13.9 Å². The number of amides is 1. The van der Waals surface area contributed by atoms with E-state index >= 15 is 0 Å². The van der Waals surface area contributed by atoms with Gasteiger partial charge < -0.3 is 19.2 Å². The molecular weight excluding hydrogens is 352 g/mol. The zero-order valence-electron chi connectivity index (χ0n) is 14.2. The second-order valence-electron chi connectivity index (χ2n) is 6.06. The van der Waals surface area contributed by atoms with E-state index in [1.165, 1.54) is 0 Å². The first-order valence-corrected chi connectivity index (χ1v) is 8.44. The van der Waals surface area contributed by atoms with Crippen molar-refractivity contribution in [2.45, 2.75) is 12.8 Å². The first kappa shape index (κ1) is 16.9. The Bertz CT molecular complexity index is 1080.